The van der Waals surface area contributed by atoms with Gasteiger partial charge in [-0.2, -0.15) is 0 Å². The van der Waals surface area contributed by atoms with Crippen molar-refractivity contribution in [1.29, 1.82) is 0 Å². The van der Waals surface area contributed by atoms with Crippen molar-refractivity contribution in [3.8, 4) is 11.5 Å². The van der Waals surface area contributed by atoms with E-state index in [2.05, 4.69) is 10.6 Å². The highest BCUT2D eigenvalue weighted by Crippen LogP contribution is 2.16. The lowest BCUT2D eigenvalue weighted by Crippen LogP contribution is -2.31. The number of benzene rings is 2. The van der Waals surface area contributed by atoms with Gasteiger partial charge in [-0.1, -0.05) is 17.7 Å². The molecule has 0 saturated heterocycles. The summed E-state index contributed by atoms with van der Waals surface area (Å²) in [6.07, 6.45) is 0. The Kier molecular flexibility index (Phi) is 4.68. The van der Waals surface area contributed by atoms with Crippen molar-refractivity contribution >= 4 is 23.3 Å². The monoisotopic (exact) mass is 292 g/mol. The summed E-state index contributed by atoms with van der Waals surface area (Å²) in [6.45, 7) is 0.0201. The van der Waals surface area contributed by atoms with E-state index in [1.807, 2.05) is 0 Å². The zero-order valence-electron chi connectivity index (χ0n) is 10.5. The average molecular weight is 293 g/mol. The van der Waals surface area contributed by atoms with E-state index >= 15 is 0 Å². The molecule has 2 rings (SSSR count). The van der Waals surface area contributed by atoms with Gasteiger partial charge in [-0.25, -0.2) is 4.79 Å². The van der Waals surface area contributed by atoms with Crippen LogP contribution in [0.1, 0.15) is 0 Å². The second kappa shape index (κ2) is 6.68. The van der Waals surface area contributed by atoms with E-state index in [0.29, 0.717) is 16.5 Å². The lowest BCUT2D eigenvalue weighted by Gasteiger charge is -2.09. The zero-order valence-corrected chi connectivity index (χ0v) is 11.2. The molecule has 0 aliphatic rings. The number of hydrogen-bond acceptors (Lipinski definition) is 3. The van der Waals surface area contributed by atoms with Crippen molar-refractivity contribution in [2.75, 3.05) is 12.0 Å². The van der Waals surface area contributed by atoms with Crippen LogP contribution >= 0.6 is 11.6 Å². The van der Waals surface area contributed by atoms with Crippen LogP contribution in [0.3, 0.4) is 0 Å². The van der Waals surface area contributed by atoms with Crippen molar-refractivity contribution in [2.45, 2.75) is 0 Å². The standard InChI is InChI=1S/C14H13ClN2O3/c15-10-4-6-13(7-5-10)20-9-16-14(19)17-11-2-1-3-12(18)8-11/h1-8,18H,9H2,(H2,16,17,19). The molecule has 0 spiro atoms. The lowest BCUT2D eigenvalue weighted by atomic mass is 10.3. The first-order chi connectivity index (χ1) is 9.63. The van der Waals surface area contributed by atoms with Gasteiger partial charge >= 0.3 is 6.03 Å². The first kappa shape index (κ1) is 14.0. The number of urea groups is 1. The molecule has 0 radical (unpaired) electrons. The second-order valence-electron chi connectivity index (χ2n) is 3.92. The number of aromatic hydroxyl groups is 1. The molecule has 0 aliphatic carbocycles. The molecule has 20 heavy (non-hydrogen) atoms. The molecular weight excluding hydrogens is 280 g/mol. The van der Waals surface area contributed by atoms with Gasteiger partial charge in [0, 0.05) is 16.8 Å². The summed E-state index contributed by atoms with van der Waals surface area (Å²) in [7, 11) is 0. The van der Waals surface area contributed by atoms with Gasteiger partial charge in [0.1, 0.15) is 11.5 Å². The molecule has 2 aromatic carbocycles. The molecule has 2 amide bonds. The van der Waals surface area contributed by atoms with E-state index in [4.69, 9.17) is 16.3 Å². The van der Waals surface area contributed by atoms with E-state index in [0.717, 1.165) is 0 Å². The third-order valence-electron chi connectivity index (χ3n) is 2.39. The van der Waals surface area contributed by atoms with Crippen LogP contribution in [-0.2, 0) is 0 Å². The van der Waals surface area contributed by atoms with Crippen molar-refractivity contribution in [3.05, 3.63) is 53.6 Å². The molecular formula is C14H13ClN2O3. The van der Waals surface area contributed by atoms with E-state index in [9.17, 15) is 9.90 Å². The van der Waals surface area contributed by atoms with Crippen LogP contribution in [-0.4, -0.2) is 17.9 Å². The number of hydrogen-bond donors (Lipinski definition) is 3. The highest BCUT2D eigenvalue weighted by Gasteiger charge is 2.02. The van der Waals surface area contributed by atoms with E-state index in [1.54, 1.807) is 36.4 Å². The van der Waals surface area contributed by atoms with Crippen molar-refractivity contribution in [2.24, 2.45) is 0 Å². The van der Waals surface area contributed by atoms with Crippen LogP contribution in [0.4, 0.5) is 10.5 Å². The Morgan fingerprint density at radius 1 is 1.20 bits per heavy atom. The van der Waals surface area contributed by atoms with Crippen LogP contribution < -0.4 is 15.4 Å². The molecule has 0 heterocycles. The van der Waals surface area contributed by atoms with Gasteiger partial charge in [0.2, 0.25) is 0 Å². The number of ether oxygens (including phenoxy) is 1. The fourth-order valence-electron chi connectivity index (χ4n) is 1.47. The van der Waals surface area contributed by atoms with Crippen LogP contribution in [0, 0.1) is 0 Å². The number of halogens is 1. The van der Waals surface area contributed by atoms with Gasteiger partial charge in [-0.3, -0.25) is 0 Å². The van der Waals surface area contributed by atoms with Crippen LogP contribution in [0.25, 0.3) is 0 Å². The van der Waals surface area contributed by atoms with Crippen LogP contribution in [0.15, 0.2) is 48.5 Å². The number of anilines is 1. The minimum atomic E-state index is -0.426. The maximum atomic E-state index is 11.6. The molecule has 0 fully saturated rings. The Morgan fingerprint density at radius 2 is 1.95 bits per heavy atom. The first-order valence-corrected chi connectivity index (χ1v) is 6.23. The number of rotatable bonds is 4. The number of phenolic OH excluding ortho intramolecular Hbond substituents is 1. The fourth-order valence-corrected chi connectivity index (χ4v) is 1.60. The molecule has 0 aliphatic heterocycles. The van der Waals surface area contributed by atoms with Crippen molar-refractivity contribution in [3.63, 3.8) is 0 Å². The average Bonchev–Trinajstić information content (AvgIpc) is 2.41. The quantitative estimate of drug-likeness (QED) is 0.758. The molecule has 2 aromatic rings. The Hall–Kier alpha value is -2.40. The maximum Gasteiger partial charge on any atom is 0.321 e. The normalized spacial score (nSPS) is 9.85. The fraction of sp³-hybridized carbons (Fsp3) is 0.0714. The molecule has 5 nitrogen and oxygen atoms in total. The molecule has 0 aromatic heterocycles. The zero-order chi connectivity index (χ0) is 14.4. The van der Waals surface area contributed by atoms with Gasteiger partial charge in [-0.05, 0) is 36.4 Å². The topological polar surface area (TPSA) is 70.6 Å². The molecule has 6 heteroatoms. The summed E-state index contributed by atoms with van der Waals surface area (Å²) in [6, 6.07) is 12.6. The van der Waals surface area contributed by atoms with Gasteiger partial charge < -0.3 is 20.5 Å². The van der Waals surface area contributed by atoms with Gasteiger partial charge in [0.15, 0.2) is 6.73 Å². The minimum Gasteiger partial charge on any atom is -0.508 e. The summed E-state index contributed by atoms with van der Waals surface area (Å²) in [5.74, 6) is 0.687. The highest BCUT2D eigenvalue weighted by molar-refractivity contribution is 6.30. The third kappa shape index (κ3) is 4.37. The summed E-state index contributed by atoms with van der Waals surface area (Å²) in [4.78, 5) is 11.6. The number of phenols is 1. The first-order valence-electron chi connectivity index (χ1n) is 5.86. The van der Waals surface area contributed by atoms with E-state index in [1.165, 1.54) is 12.1 Å². The molecule has 0 saturated carbocycles. The van der Waals surface area contributed by atoms with Gasteiger partial charge in [0.05, 0.1) is 0 Å². The molecule has 104 valence electrons. The largest absolute Gasteiger partial charge is 0.508 e. The summed E-state index contributed by atoms with van der Waals surface area (Å²) in [5.41, 5.74) is 0.494. The number of amides is 2. The number of carbonyl (C=O) groups excluding carboxylic acids is 1. The van der Waals surface area contributed by atoms with Crippen LogP contribution in [0.2, 0.25) is 5.02 Å². The lowest BCUT2D eigenvalue weighted by molar-refractivity contribution is 0.234. The van der Waals surface area contributed by atoms with Crippen molar-refractivity contribution in [1.82, 2.24) is 5.32 Å². The molecule has 0 atom stereocenters. The summed E-state index contributed by atoms with van der Waals surface area (Å²) >= 11 is 5.74. The number of carbonyl (C=O) groups is 1. The van der Waals surface area contributed by atoms with E-state index in [-0.39, 0.29) is 12.5 Å². The second-order valence-corrected chi connectivity index (χ2v) is 4.36. The molecule has 3 N–H and O–H groups in total. The van der Waals surface area contributed by atoms with Crippen molar-refractivity contribution < 1.29 is 14.6 Å². The Morgan fingerprint density at radius 3 is 2.65 bits per heavy atom. The SMILES string of the molecule is O=C(NCOc1ccc(Cl)cc1)Nc1cccc(O)c1. The third-order valence-corrected chi connectivity index (χ3v) is 2.64. The predicted octanol–water partition coefficient (Wildman–Crippen LogP) is 3.20. The highest BCUT2D eigenvalue weighted by atomic mass is 35.5. The number of nitrogens with one attached hydrogen (secondary N) is 2. The Bertz CT molecular complexity index is 587. The Balaban J connectivity index is 1.76. The predicted molar refractivity (Wildman–Crippen MR) is 77.2 cm³/mol. The Labute approximate surface area is 121 Å². The summed E-state index contributed by atoms with van der Waals surface area (Å²) < 4.78 is 5.31. The maximum absolute atomic E-state index is 11.6. The molecule has 0 unspecified atom stereocenters. The van der Waals surface area contributed by atoms with E-state index < -0.39 is 6.03 Å². The minimum absolute atomic E-state index is 0.0201. The summed E-state index contributed by atoms with van der Waals surface area (Å²) in [5, 5.41) is 15.0. The van der Waals surface area contributed by atoms with Crippen LogP contribution in [0.5, 0.6) is 11.5 Å². The van der Waals surface area contributed by atoms with Gasteiger partial charge in [0.25, 0.3) is 0 Å². The molecule has 0 bridgehead atoms. The smallest absolute Gasteiger partial charge is 0.321 e. The van der Waals surface area contributed by atoms with Gasteiger partial charge in [-0.15, -0.1) is 0 Å².